The highest BCUT2D eigenvalue weighted by molar-refractivity contribution is 7.60. The van der Waals surface area contributed by atoms with Gasteiger partial charge in [0.2, 0.25) is 7.37 Å². The van der Waals surface area contributed by atoms with Crippen LogP contribution in [0.4, 0.5) is 4.39 Å². The lowest BCUT2D eigenvalue weighted by atomic mass is 10.2. The fourth-order valence-corrected chi connectivity index (χ4v) is 3.16. The minimum atomic E-state index is -4.48. The molecule has 8 heteroatoms. The largest absolute Gasteiger partial charge is 0.478 e. The van der Waals surface area contributed by atoms with Crippen molar-refractivity contribution < 1.29 is 23.7 Å². The zero-order valence-electron chi connectivity index (χ0n) is 10.7. The topological polar surface area (TPSA) is 91.9 Å². The first kappa shape index (κ1) is 14.7. The number of nitrogens with zero attached hydrogens (tertiary/aromatic N) is 2. The molecule has 0 bridgehead atoms. The molecule has 0 aliphatic heterocycles. The fraction of sp³-hybridized carbons (Fsp3) is 0.333. The number of hydrogen-bond acceptors (Lipinski definition) is 3. The van der Waals surface area contributed by atoms with Gasteiger partial charge in [-0.05, 0) is 12.1 Å². The van der Waals surface area contributed by atoms with Crippen LogP contribution in [0.15, 0.2) is 30.6 Å². The second-order valence-electron chi connectivity index (χ2n) is 4.44. The summed E-state index contributed by atoms with van der Waals surface area (Å²) >= 11 is 0. The van der Waals surface area contributed by atoms with Crippen LogP contribution in [0.2, 0.25) is 0 Å². The van der Waals surface area contributed by atoms with Crippen molar-refractivity contribution in [3.05, 3.63) is 36.3 Å². The van der Waals surface area contributed by atoms with Crippen LogP contribution in [-0.4, -0.2) is 36.9 Å². The summed E-state index contributed by atoms with van der Waals surface area (Å²) in [5, 5.41) is 5.82. The predicted octanol–water partition coefficient (Wildman–Crippen LogP) is 1.92. The van der Waals surface area contributed by atoms with E-state index in [9.17, 15) is 18.6 Å². The molecule has 2 rings (SSSR count). The van der Waals surface area contributed by atoms with Gasteiger partial charge in [0.1, 0.15) is 5.65 Å². The molecule has 2 aromatic rings. The highest BCUT2D eigenvalue weighted by Crippen LogP contribution is 2.56. The third-order valence-corrected chi connectivity index (χ3v) is 5.53. The number of hydrogen-bond donors (Lipinski definition) is 2. The Morgan fingerprint density at radius 1 is 1.55 bits per heavy atom. The van der Waals surface area contributed by atoms with Crippen molar-refractivity contribution in [1.82, 2.24) is 9.38 Å². The molecule has 0 radical (unpaired) electrons. The number of halogens is 1. The van der Waals surface area contributed by atoms with E-state index in [0.29, 0.717) is 5.65 Å². The highest BCUT2D eigenvalue weighted by atomic mass is 31.2. The van der Waals surface area contributed by atoms with Gasteiger partial charge in [-0.25, -0.2) is 14.2 Å². The van der Waals surface area contributed by atoms with E-state index in [-0.39, 0.29) is 5.69 Å². The molecule has 0 amide bonds. The Morgan fingerprint density at radius 3 is 2.85 bits per heavy atom. The molecular formula is C12H14FN2O4P. The van der Waals surface area contributed by atoms with Gasteiger partial charge in [-0.1, -0.05) is 13.0 Å². The first-order chi connectivity index (χ1) is 9.32. The third-order valence-electron chi connectivity index (χ3n) is 3.22. The molecule has 2 atom stereocenters. The molecule has 108 valence electrons. The number of aromatic nitrogens is 2. The average Bonchev–Trinajstić information content (AvgIpc) is 2.81. The molecule has 6 nitrogen and oxygen atoms in total. The summed E-state index contributed by atoms with van der Waals surface area (Å²) < 4.78 is 28.0. The molecule has 0 spiro atoms. The summed E-state index contributed by atoms with van der Waals surface area (Å²) in [6.07, 6.45) is 1.73. The van der Waals surface area contributed by atoms with E-state index >= 15 is 0 Å². The van der Waals surface area contributed by atoms with E-state index in [0.717, 1.165) is 0 Å². The fourth-order valence-electron chi connectivity index (χ4n) is 1.96. The summed E-state index contributed by atoms with van der Waals surface area (Å²) in [6, 6.07) is 5.08. The zero-order chi connectivity index (χ0) is 15.0. The molecule has 0 saturated heterocycles. The molecule has 0 aliphatic rings. The summed E-state index contributed by atoms with van der Waals surface area (Å²) in [4.78, 5) is 24.8. The Bertz CT molecular complexity index is 702. The van der Waals surface area contributed by atoms with Crippen LogP contribution in [0.1, 0.15) is 12.6 Å². The normalized spacial score (nSPS) is 17.6. The number of alkyl halides is 1. The van der Waals surface area contributed by atoms with Crippen LogP contribution in [0.25, 0.3) is 5.65 Å². The van der Waals surface area contributed by atoms with Gasteiger partial charge < -0.3 is 14.4 Å². The number of fused-ring (bicyclic) bond motifs is 1. The minimum Gasteiger partial charge on any atom is -0.478 e. The Morgan fingerprint density at radius 2 is 2.25 bits per heavy atom. The van der Waals surface area contributed by atoms with Gasteiger partial charge in [0, 0.05) is 30.7 Å². The second-order valence-corrected chi connectivity index (χ2v) is 7.18. The molecule has 0 aliphatic carbocycles. The Labute approximate surface area is 114 Å². The van der Waals surface area contributed by atoms with Gasteiger partial charge in [-0.3, -0.25) is 4.57 Å². The maximum absolute atomic E-state index is 14.6. The van der Waals surface area contributed by atoms with E-state index in [2.05, 4.69) is 4.98 Å². The number of carboxylic acid groups (broad SMARTS) is 1. The first-order valence-corrected chi connectivity index (χ1v) is 7.81. The van der Waals surface area contributed by atoms with E-state index in [1.807, 2.05) is 0 Å². The molecule has 0 fully saturated rings. The van der Waals surface area contributed by atoms with Crippen molar-refractivity contribution in [3.63, 3.8) is 0 Å². The van der Waals surface area contributed by atoms with Gasteiger partial charge >= 0.3 is 5.97 Å². The number of carboxylic acids is 1. The Kier molecular flexibility index (Phi) is 3.67. The maximum Gasteiger partial charge on any atom is 0.352 e. The first-order valence-electron chi connectivity index (χ1n) is 5.97. The SMILES string of the molecule is CCP(=O)(O)C(F)(Cc1cnc2ccccn12)C(=O)O. The number of rotatable bonds is 5. The molecule has 0 saturated carbocycles. The van der Waals surface area contributed by atoms with Crippen LogP contribution in [0.3, 0.4) is 0 Å². The summed E-state index contributed by atoms with van der Waals surface area (Å²) in [5.41, 5.74) is 0.743. The zero-order valence-corrected chi connectivity index (χ0v) is 11.6. The molecule has 2 heterocycles. The van der Waals surface area contributed by atoms with Crippen LogP contribution in [0, 0.1) is 0 Å². The summed E-state index contributed by atoms with van der Waals surface area (Å²) in [5.74, 6) is -1.93. The molecule has 20 heavy (non-hydrogen) atoms. The highest BCUT2D eigenvalue weighted by Gasteiger charge is 2.54. The van der Waals surface area contributed by atoms with Crippen LogP contribution in [0.5, 0.6) is 0 Å². The lowest BCUT2D eigenvalue weighted by molar-refractivity contribution is -0.145. The molecule has 2 N–H and O–H groups in total. The Hall–Kier alpha value is -1.72. The van der Waals surface area contributed by atoms with Crippen molar-refractivity contribution in [3.8, 4) is 0 Å². The molecule has 2 unspecified atom stereocenters. The van der Waals surface area contributed by atoms with E-state index < -0.39 is 31.3 Å². The van der Waals surface area contributed by atoms with Crippen molar-refractivity contribution in [1.29, 1.82) is 0 Å². The smallest absolute Gasteiger partial charge is 0.352 e. The van der Waals surface area contributed by atoms with Crippen LogP contribution in [-0.2, 0) is 15.8 Å². The van der Waals surface area contributed by atoms with Crippen LogP contribution >= 0.6 is 7.37 Å². The summed E-state index contributed by atoms with van der Waals surface area (Å²) in [7, 11) is -4.48. The monoisotopic (exact) mass is 300 g/mol. The Balaban J connectivity index is 2.49. The standard InChI is InChI=1S/C12H14FN2O4P/c1-2-20(18,19)12(13,11(16)17)7-9-8-14-10-5-3-4-6-15(9)10/h3-6,8H,2,7H2,1H3,(H,16,17)(H,18,19). The quantitative estimate of drug-likeness (QED) is 0.823. The number of pyridine rings is 1. The lowest BCUT2D eigenvalue weighted by Gasteiger charge is -2.25. The van der Waals surface area contributed by atoms with Crippen molar-refractivity contribution in [2.24, 2.45) is 0 Å². The van der Waals surface area contributed by atoms with Crippen LogP contribution < -0.4 is 0 Å². The van der Waals surface area contributed by atoms with Gasteiger partial charge in [-0.15, -0.1) is 0 Å². The number of aliphatic carboxylic acids is 1. The molecule has 0 aromatic carbocycles. The van der Waals surface area contributed by atoms with E-state index in [4.69, 9.17) is 5.11 Å². The van der Waals surface area contributed by atoms with E-state index in [1.165, 1.54) is 17.5 Å². The van der Waals surface area contributed by atoms with Gasteiger partial charge in [0.05, 0.1) is 0 Å². The van der Waals surface area contributed by atoms with Gasteiger partial charge in [0.25, 0.3) is 5.41 Å². The summed E-state index contributed by atoms with van der Waals surface area (Å²) in [6.45, 7) is 1.28. The number of imidazole rings is 1. The minimum absolute atomic E-state index is 0.230. The third kappa shape index (κ3) is 2.23. The maximum atomic E-state index is 14.6. The van der Waals surface area contributed by atoms with Gasteiger partial charge in [-0.2, -0.15) is 0 Å². The lowest BCUT2D eigenvalue weighted by Crippen LogP contribution is -2.37. The van der Waals surface area contributed by atoms with Crippen molar-refractivity contribution in [2.75, 3.05) is 6.16 Å². The molecule has 2 aromatic heterocycles. The molecular weight excluding hydrogens is 286 g/mol. The average molecular weight is 300 g/mol. The van der Waals surface area contributed by atoms with Crippen molar-refractivity contribution >= 4 is 19.0 Å². The number of carbonyl (C=O) groups is 1. The second kappa shape index (κ2) is 5.00. The van der Waals surface area contributed by atoms with Gasteiger partial charge in [0.15, 0.2) is 0 Å². The van der Waals surface area contributed by atoms with E-state index in [1.54, 1.807) is 24.4 Å². The van der Waals surface area contributed by atoms with Crippen molar-refractivity contribution in [2.45, 2.75) is 18.8 Å². The predicted molar refractivity (Wildman–Crippen MR) is 70.7 cm³/mol.